The number of fused-ring (bicyclic) bond motifs is 1. The van der Waals surface area contributed by atoms with Gasteiger partial charge in [0.15, 0.2) is 0 Å². The molecule has 0 radical (unpaired) electrons. The number of halogens is 1. The number of aryl methyl sites for hydroxylation is 1. The van der Waals surface area contributed by atoms with Gasteiger partial charge in [-0.05, 0) is 36.8 Å². The Hall–Kier alpha value is -1.93. The van der Waals surface area contributed by atoms with Crippen molar-refractivity contribution in [3.63, 3.8) is 0 Å². The molecule has 0 aliphatic carbocycles. The molecule has 0 aliphatic rings. The van der Waals surface area contributed by atoms with Crippen molar-refractivity contribution < 1.29 is 0 Å². The maximum atomic E-state index is 6.05. The molecule has 0 unspecified atom stereocenters. The third kappa shape index (κ3) is 1.66. The molecular weight excluding hydrogens is 244 g/mol. The third-order valence-corrected chi connectivity index (χ3v) is 3.40. The van der Waals surface area contributed by atoms with Crippen LogP contribution in [0.5, 0.6) is 0 Å². The highest BCUT2D eigenvalue weighted by Gasteiger charge is 2.08. The maximum absolute atomic E-state index is 6.05. The first-order valence-corrected chi connectivity index (χ1v) is 6.17. The number of nitrogens with two attached hydrogens (primary N) is 1. The first-order valence-electron chi connectivity index (χ1n) is 5.79. The minimum absolute atomic E-state index is 0.657. The lowest BCUT2D eigenvalue weighted by atomic mass is 10.2. The van der Waals surface area contributed by atoms with Gasteiger partial charge in [-0.2, -0.15) is 0 Å². The molecule has 3 rings (SSSR count). The van der Waals surface area contributed by atoms with Crippen molar-refractivity contribution in [2.24, 2.45) is 0 Å². The topological polar surface area (TPSA) is 30.9 Å². The zero-order valence-corrected chi connectivity index (χ0v) is 10.8. The second-order valence-corrected chi connectivity index (χ2v) is 4.84. The van der Waals surface area contributed by atoms with Gasteiger partial charge in [0.2, 0.25) is 0 Å². The molecular formula is C15H13ClN2. The van der Waals surface area contributed by atoms with Crippen LogP contribution in [0.3, 0.4) is 0 Å². The Bertz CT molecular complexity index is 728. The lowest BCUT2D eigenvalue weighted by Gasteiger charge is -2.09. The zero-order chi connectivity index (χ0) is 12.7. The van der Waals surface area contributed by atoms with Crippen LogP contribution in [0.4, 0.5) is 5.69 Å². The highest BCUT2D eigenvalue weighted by molar-refractivity contribution is 6.30. The van der Waals surface area contributed by atoms with Gasteiger partial charge in [0.25, 0.3) is 0 Å². The number of nitrogens with zero attached hydrogens (tertiary/aromatic N) is 1. The summed E-state index contributed by atoms with van der Waals surface area (Å²) in [5.41, 5.74) is 10.1. The van der Waals surface area contributed by atoms with Crippen LogP contribution in [0, 0.1) is 6.92 Å². The molecule has 1 aromatic heterocycles. The van der Waals surface area contributed by atoms with Crippen molar-refractivity contribution in [3.05, 3.63) is 59.2 Å². The molecule has 0 spiro atoms. The van der Waals surface area contributed by atoms with E-state index >= 15 is 0 Å². The van der Waals surface area contributed by atoms with Crippen LogP contribution in [0.15, 0.2) is 48.7 Å². The van der Waals surface area contributed by atoms with Crippen molar-refractivity contribution in [1.82, 2.24) is 4.57 Å². The van der Waals surface area contributed by atoms with Gasteiger partial charge in [0.1, 0.15) is 0 Å². The fraction of sp³-hybridized carbons (Fsp3) is 0.0667. The van der Waals surface area contributed by atoms with Crippen molar-refractivity contribution in [2.45, 2.75) is 6.92 Å². The third-order valence-electron chi connectivity index (χ3n) is 3.16. The van der Waals surface area contributed by atoms with E-state index < -0.39 is 0 Å². The molecule has 90 valence electrons. The van der Waals surface area contributed by atoms with Gasteiger partial charge in [-0.3, -0.25) is 0 Å². The summed E-state index contributed by atoms with van der Waals surface area (Å²) >= 11 is 5.94. The molecule has 2 nitrogen and oxygen atoms in total. The summed E-state index contributed by atoms with van der Waals surface area (Å²) in [6.07, 6.45) is 2.10. The lowest BCUT2D eigenvalue weighted by Crippen LogP contribution is -1.98. The molecule has 0 bridgehead atoms. The van der Waals surface area contributed by atoms with E-state index in [1.807, 2.05) is 24.3 Å². The predicted octanol–water partition coefficient (Wildman–Crippen LogP) is 4.17. The molecule has 0 saturated carbocycles. The minimum atomic E-state index is 0.657. The molecule has 0 fully saturated rings. The Labute approximate surface area is 111 Å². The molecule has 2 aromatic carbocycles. The normalized spacial score (nSPS) is 11.0. The van der Waals surface area contributed by atoms with Crippen molar-refractivity contribution in [3.8, 4) is 5.69 Å². The quantitative estimate of drug-likeness (QED) is 0.651. The van der Waals surface area contributed by atoms with Crippen LogP contribution >= 0.6 is 11.6 Å². The monoisotopic (exact) mass is 256 g/mol. The number of hydrogen-bond donors (Lipinski definition) is 1. The van der Waals surface area contributed by atoms with Crippen LogP contribution in [0.1, 0.15) is 5.56 Å². The summed E-state index contributed by atoms with van der Waals surface area (Å²) in [6.45, 7) is 2.10. The maximum Gasteiger partial charge on any atom is 0.0686 e. The fourth-order valence-electron chi connectivity index (χ4n) is 2.29. The molecule has 0 saturated heterocycles. The average molecular weight is 257 g/mol. The van der Waals surface area contributed by atoms with Gasteiger partial charge in [-0.25, -0.2) is 0 Å². The van der Waals surface area contributed by atoms with E-state index in [0.29, 0.717) is 10.7 Å². The summed E-state index contributed by atoms with van der Waals surface area (Å²) in [5, 5.41) is 1.90. The Morgan fingerprint density at radius 2 is 1.89 bits per heavy atom. The number of nitrogen functional groups attached to an aromatic ring is 1. The first kappa shape index (κ1) is 11.2. The number of aromatic nitrogens is 1. The number of rotatable bonds is 1. The van der Waals surface area contributed by atoms with Crippen LogP contribution in [0.2, 0.25) is 5.02 Å². The highest BCUT2D eigenvalue weighted by atomic mass is 35.5. The van der Waals surface area contributed by atoms with Crippen molar-refractivity contribution in [2.75, 3.05) is 5.73 Å². The van der Waals surface area contributed by atoms with Gasteiger partial charge in [0, 0.05) is 16.6 Å². The minimum Gasteiger partial charge on any atom is -0.397 e. The van der Waals surface area contributed by atoms with Gasteiger partial charge in [-0.15, -0.1) is 0 Å². The summed E-state index contributed by atoms with van der Waals surface area (Å²) in [4.78, 5) is 0. The predicted molar refractivity (Wildman–Crippen MR) is 77.4 cm³/mol. The van der Waals surface area contributed by atoms with Gasteiger partial charge >= 0.3 is 0 Å². The number of anilines is 1. The first-order chi connectivity index (χ1) is 8.66. The van der Waals surface area contributed by atoms with Gasteiger partial charge in [-0.1, -0.05) is 29.8 Å². The van der Waals surface area contributed by atoms with Crippen LogP contribution in [-0.2, 0) is 0 Å². The summed E-state index contributed by atoms with van der Waals surface area (Å²) in [5.74, 6) is 0. The summed E-state index contributed by atoms with van der Waals surface area (Å²) in [6, 6.07) is 13.9. The second kappa shape index (κ2) is 4.07. The molecule has 3 heteroatoms. The van der Waals surface area contributed by atoms with Crippen LogP contribution in [-0.4, -0.2) is 4.57 Å². The van der Waals surface area contributed by atoms with Crippen LogP contribution in [0.25, 0.3) is 16.6 Å². The average Bonchev–Trinajstić information content (AvgIpc) is 2.68. The Kier molecular flexibility index (Phi) is 2.53. The Balaban J connectivity index is 2.32. The largest absolute Gasteiger partial charge is 0.397 e. The molecule has 1 heterocycles. The summed E-state index contributed by atoms with van der Waals surface area (Å²) in [7, 11) is 0. The lowest BCUT2D eigenvalue weighted by molar-refractivity contribution is 1.12. The molecule has 0 amide bonds. The second-order valence-electron chi connectivity index (χ2n) is 4.40. The van der Waals surface area contributed by atoms with E-state index in [1.54, 1.807) is 6.07 Å². The van der Waals surface area contributed by atoms with E-state index in [9.17, 15) is 0 Å². The Morgan fingerprint density at radius 1 is 1.11 bits per heavy atom. The standard InChI is InChI=1S/C15H13ClN2/c1-10-9-18(14-5-3-2-4-12(10)14)15-7-6-11(16)8-13(15)17/h2-9H,17H2,1H3. The fourth-order valence-corrected chi connectivity index (χ4v) is 2.47. The van der Waals surface area contributed by atoms with E-state index in [1.165, 1.54) is 10.9 Å². The zero-order valence-electron chi connectivity index (χ0n) is 10.0. The van der Waals surface area contributed by atoms with E-state index in [0.717, 1.165) is 11.2 Å². The van der Waals surface area contributed by atoms with E-state index in [4.69, 9.17) is 17.3 Å². The highest BCUT2D eigenvalue weighted by Crippen LogP contribution is 2.28. The van der Waals surface area contributed by atoms with E-state index in [-0.39, 0.29) is 0 Å². The van der Waals surface area contributed by atoms with E-state index in [2.05, 4.69) is 29.8 Å². The molecule has 0 aliphatic heterocycles. The van der Waals surface area contributed by atoms with Gasteiger partial charge < -0.3 is 10.3 Å². The van der Waals surface area contributed by atoms with Crippen molar-refractivity contribution >= 4 is 28.2 Å². The Morgan fingerprint density at radius 3 is 2.67 bits per heavy atom. The number of benzene rings is 2. The smallest absolute Gasteiger partial charge is 0.0686 e. The molecule has 0 atom stereocenters. The molecule has 18 heavy (non-hydrogen) atoms. The van der Waals surface area contributed by atoms with Gasteiger partial charge in [0.05, 0.1) is 16.9 Å². The molecule has 2 N–H and O–H groups in total. The molecule has 3 aromatic rings. The number of hydrogen-bond acceptors (Lipinski definition) is 1. The number of para-hydroxylation sites is 1. The van der Waals surface area contributed by atoms with Crippen LogP contribution < -0.4 is 5.73 Å². The SMILES string of the molecule is Cc1cn(-c2ccc(Cl)cc2N)c2ccccc12. The van der Waals surface area contributed by atoms with Crippen molar-refractivity contribution in [1.29, 1.82) is 0 Å². The summed E-state index contributed by atoms with van der Waals surface area (Å²) < 4.78 is 2.11.